The van der Waals surface area contributed by atoms with E-state index in [-0.39, 0.29) is 22.8 Å². The summed E-state index contributed by atoms with van der Waals surface area (Å²) in [6, 6.07) is 0.884. The van der Waals surface area contributed by atoms with Crippen LogP contribution in [0.1, 0.15) is 23.1 Å². The van der Waals surface area contributed by atoms with E-state index in [1.165, 1.54) is 18.5 Å². The molecule has 90 valence electrons. The first-order valence-electron chi connectivity index (χ1n) is 4.71. The third kappa shape index (κ3) is 1.88. The first kappa shape index (κ1) is 11.6. The Labute approximate surface area is 94.1 Å². The van der Waals surface area contributed by atoms with Crippen molar-refractivity contribution < 1.29 is 18.0 Å². The lowest BCUT2D eigenvalue weighted by Crippen LogP contribution is -2.05. The number of rotatable bonds is 1. The minimum Gasteiger partial charge on any atom is -0.309 e. The van der Waals surface area contributed by atoms with E-state index in [2.05, 4.69) is 9.97 Å². The normalized spacial score (nSPS) is 12.1. The van der Waals surface area contributed by atoms with Gasteiger partial charge in [-0.25, -0.2) is 9.97 Å². The Bertz CT molecular complexity index is 601. The number of aromatic nitrogens is 3. The Morgan fingerprint density at radius 3 is 2.59 bits per heavy atom. The first-order chi connectivity index (χ1) is 7.80. The van der Waals surface area contributed by atoms with Crippen molar-refractivity contribution >= 4 is 16.9 Å². The van der Waals surface area contributed by atoms with Gasteiger partial charge in [0.05, 0.1) is 5.56 Å². The molecular weight excluding hydrogens is 235 g/mol. The number of carbonyl (C=O) groups excluding carboxylic acids is 1. The smallest absolute Gasteiger partial charge is 0.309 e. The lowest BCUT2D eigenvalue weighted by molar-refractivity contribution is -0.137. The molecule has 0 aliphatic carbocycles. The highest BCUT2D eigenvalue weighted by Crippen LogP contribution is 2.30. The molecule has 2 aromatic rings. The van der Waals surface area contributed by atoms with Crippen molar-refractivity contribution in [1.82, 2.24) is 14.5 Å². The Kier molecular flexibility index (Phi) is 2.41. The fraction of sp³-hybridized carbons (Fsp3) is 0.300. The molecule has 0 radical (unpaired) electrons. The minimum absolute atomic E-state index is 0.0625. The summed E-state index contributed by atoms with van der Waals surface area (Å²) >= 11 is 0. The van der Waals surface area contributed by atoms with Crippen LogP contribution in [-0.4, -0.2) is 20.3 Å². The molecule has 0 spiro atoms. The molecule has 0 bridgehead atoms. The van der Waals surface area contributed by atoms with E-state index in [0.29, 0.717) is 0 Å². The van der Waals surface area contributed by atoms with Gasteiger partial charge in [0.2, 0.25) is 0 Å². The molecule has 0 unspecified atom stereocenters. The van der Waals surface area contributed by atoms with Crippen LogP contribution in [0, 0.1) is 0 Å². The first-order valence-corrected chi connectivity index (χ1v) is 4.71. The standard InChI is InChI=1S/C10H8F3N3O/c1-5(17)8-15-7-3-6(10(11,12)13)4-14-9(7)16(8)2/h3-4H,1-2H3. The summed E-state index contributed by atoms with van der Waals surface area (Å²) in [7, 11) is 1.53. The molecule has 0 fully saturated rings. The zero-order valence-electron chi connectivity index (χ0n) is 9.04. The molecule has 7 heteroatoms. The molecule has 4 nitrogen and oxygen atoms in total. The van der Waals surface area contributed by atoms with Crippen LogP contribution >= 0.6 is 0 Å². The third-order valence-electron chi connectivity index (χ3n) is 2.35. The molecule has 0 aromatic carbocycles. The number of pyridine rings is 1. The lowest BCUT2D eigenvalue weighted by atomic mass is 10.2. The van der Waals surface area contributed by atoms with Crippen LogP contribution in [0.3, 0.4) is 0 Å². The predicted octanol–water partition coefficient (Wildman–Crippen LogP) is 2.19. The molecule has 2 rings (SSSR count). The second-order valence-corrected chi connectivity index (χ2v) is 3.62. The number of alkyl halides is 3. The second-order valence-electron chi connectivity index (χ2n) is 3.62. The summed E-state index contributed by atoms with van der Waals surface area (Å²) in [5.74, 6) is -0.231. The van der Waals surface area contributed by atoms with E-state index in [0.717, 1.165) is 12.3 Å². The van der Waals surface area contributed by atoms with Crippen molar-refractivity contribution in [2.45, 2.75) is 13.1 Å². The summed E-state index contributed by atoms with van der Waals surface area (Å²) in [5.41, 5.74) is -0.561. The van der Waals surface area contributed by atoms with Crippen LogP contribution in [0.25, 0.3) is 11.2 Å². The molecule has 0 aliphatic heterocycles. The van der Waals surface area contributed by atoms with Gasteiger partial charge in [0, 0.05) is 20.2 Å². The highest BCUT2D eigenvalue weighted by molar-refractivity contribution is 5.94. The topological polar surface area (TPSA) is 47.8 Å². The van der Waals surface area contributed by atoms with Gasteiger partial charge in [-0.3, -0.25) is 4.79 Å². The van der Waals surface area contributed by atoms with E-state index in [9.17, 15) is 18.0 Å². The van der Waals surface area contributed by atoms with Crippen LogP contribution in [0.4, 0.5) is 13.2 Å². The molecule has 0 atom stereocenters. The van der Waals surface area contributed by atoms with Gasteiger partial charge in [-0.2, -0.15) is 13.2 Å². The monoisotopic (exact) mass is 243 g/mol. The van der Waals surface area contributed by atoms with Crippen molar-refractivity contribution in [2.75, 3.05) is 0 Å². The Hall–Kier alpha value is -1.92. The summed E-state index contributed by atoms with van der Waals surface area (Å²) in [6.45, 7) is 1.30. The second kappa shape index (κ2) is 3.54. The quantitative estimate of drug-likeness (QED) is 0.721. The number of fused-ring (bicyclic) bond motifs is 1. The summed E-state index contributed by atoms with van der Waals surface area (Å²) < 4.78 is 38.7. The van der Waals surface area contributed by atoms with Gasteiger partial charge in [-0.05, 0) is 6.07 Å². The van der Waals surface area contributed by atoms with Crippen molar-refractivity contribution in [2.24, 2.45) is 7.05 Å². The molecule has 0 N–H and O–H groups in total. The maximum Gasteiger partial charge on any atom is 0.417 e. The predicted molar refractivity (Wildman–Crippen MR) is 53.5 cm³/mol. The van der Waals surface area contributed by atoms with Crippen LogP contribution in [0.15, 0.2) is 12.3 Å². The van der Waals surface area contributed by atoms with Crippen molar-refractivity contribution in [1.29, 1.82) is 0 Å². The molecule has 0 aliphatic rings. The zero-order valence-corrected chi connectivity index (χ0v) is 9.04. The molecule has 0 amide bonds. The minimum atomic E-state index is -4.46. The van der Waals surface area contributed by atoms with E-state index < -0.39 is 11.7 Å². The number of imidazole rings is 1. The number of carbonyl (C=O) groups is 1. The van der Waals surface area contributed by atoms with E-state index in [1.807, 2.05) is 0 Å². The highest BCUT2D eigenvalue weighted by Gasteiger charge is 2.31. The maximum absolute atomic E-state index is 12.4. The van der Waals surface area contributed by atoms with Crippen LogP contribution in [0.2, 0.25) is 0 Å². The number of halogens is 3. The van der Waals surface area contributed by atoms with E-state index >= 15 is 0 Å². The van der Waals surface area contributed by atoms with Gasteiger partial charge in [-0.15, -0.1) is 0 Å². The zero-order chi connectivity index (χ0) is 12.8. The molecule has 17 heavy (non-hydrogen) atoms. The SMILES string of the molecule is CC(=O)c1nc2cc(C(F)(F)F)cnc2n1C. The number of nitrogens with zero attached hydrogens (tertiary/aromatic N) is 3. The molecular formula is C10H8F3N3O. The molecule has 0 saturated heterocycles. The maximum atomic E-state index is 12.4. The summed E-state index contributed by atoms with van der Waals surface area (Å²) in [4.78, 5) is 18.7. The average Bonchev–Trinajstić information content (AvgIpc) is 2.54. The van der Waals surface area contributed by atoms with Gasteiger partial charge in [0.15, 0.2) is 17.3 Å². The van der Waals surface area contributed by atoms with Crippen molar-refractivity contribution in [3.8, 4) is 0 Å². The fourth-order valence-electron chi connectivity index (χ4n) is 1.55. The number of hydrogen-bond acceptors (Lipinski definition) is 3. The van der Waals surface area contributed by atoms with Gasteiger partial charge >= 0.3 is 6.18 Å². The summed E-state index contributed by atoms with van der Waals surface area (Å²) in [6.07, 6.45) is -3.73. The van der Waals surface area contributed by atoms with Crippen LogP contribution in [-0.2, 0) is 13.2 Å². The van der Waals surface area contributed by atoms with Crippen molar-refractivity contribution in [3.05, 3.63) is 23.7 Å². The number of hydrogen-bond donors (Lipinski definition) is 0. The van der Waals surface area contributed by atoms with Gasteiger partial charge in [0.1, 0.15) is 5.52 Å². The lowest BCUT2D eigenvalue weighted by Gasteiger charge is -2.04. The number of ketones is 1. The van der Waals surface area contributed by atoms with Crippen molar-refractivity contribution in [3.63, 3.8) is 0 Å². The average molecular weight is 243 g/mol. The van der Waals surface area contributed by atoms with Gasteiger partial charge in [0.25, 0.3) is 0 Å². The van der Waals surface area contributed by atoms with Crippen LogP contribution < -0.4 is 0 Å². The number of Topliss-reactive ketones (excluding diaryl/α,β-unsaturated/α-hetero) is 1. The van der Waals surface area contributed by atoms with E-state index in [4.69, 9.17) is 0 Å². The van der Waals surface area contributed by atoms with Gasteiger partial charge in [-0.1, -0.05) is 0 Å². The largest absolute Gasteiger partial charge is 0.417 e. The van der Waals surface area contributed by atoms with Gasteiger partial charge < -0.3 is 4.57 Å². The van der Waals surface area contributed by atoms with Crippen LogP contribution in [0.5, 0.6) is 0 Å². The molecule has 2 aromatic heterocycles. The Balaban J connectivity index is 2.68. The number of aryl methyl sites for hydroxylation is 1. The highest BCUT2D eigenvalue weighted by atomic mass is 19.4. The Morgan fingerprint density at radius 2 is 2.06 bits per heavy atom. The Morgan fingerprint density at radius 1 is 1.41 bits per heavy atom. The third-order valence-corrected chi connectivity index (χ3v) is 2.35. The molecule has 0 saturated carbocycles. The molecule has 2 heterocycles. The van der Waals surface area contributed by atoms with E-state index in [1.54, 1.807) is 0 Å². The fourth-order valence-corrected chi connectivity index (χ4v) is 1.55. The summed E-state index contributed by atoms with van der Waals surface area (Å²) in [5, 5.41) is 0.